The summed E-state index contributed by atoms with van der Waals surface area (Å²) < 4.78 is 1.63. The molecular weight excluding hydrogens is 242 g/mol. The Morgan fingerprint density at radius 2 is 2.32 bits per heavy atom. The van der Waals surface area contributed by atoms with Crippen molar-refractivity contribution < 1.29 is 9.90 Å². The average molecular weight is 259 g/mol. The molecule has 1 aliphatic carbocycles. The molecule has 2 aromatic heterocycles. The average Bonchev–Trinajstić information content (AvgIpc) is 2.92. The number of pyridine rings is 1. The van der Waals surface area contributed by atoms with Gasteiger partial charge in [0.25, 0.3) is 0 Å². The van der Waals surface area contributed by atoms with Crippen LogP contribution >= 0.6 is 0 Å². The van der Waals surface area contributed by atoms with Gasteiger partial charge in [0.15, 0.2) is 11.5 Å². The highest BCUT2D eigenvalue weighted by molar-refractivity contribution is 5.93. The zero-order valence-corrected chi connectivity index (χ0v) is 11.1. The van der Waals surface area contributed by atoms with Gasteiger partial charge in [0.1, 0.15) is 5.65 Å². The predicted octanol–water partition coefficient (Wildman–Crippen LogP) is 2.12. The lowest BCUT2D eigenvalue weighted by molar-refractivity contribution is 0.0690. The molecule has 19 heavy (non-hydrogen) atoms. The summed E-state index contributed by atoms with van der Waals surface area (Å²) in [5, 5.41) is 9.42. The van der Waals surface area contributed by atoms with E-state index in [1.807, 2.05) is 30.1 Å². The fourth-order valence-electron chi connectivity index (χ4n) is 2.54. The molecule has 1 saturated carbocycles. The molecule has 0 aromatic carbocycles. The van der Waals surface area contributed by atoms with E-state index in [2.05, 4.69) is 11.9 Å². The van der Waals surface area contributed by atoms with Gasteiger partial charge in [-0.15, -0.1) is 0 Å². The van der Waals surface area contributed by atoms with Crippen molar-refractivity contribution in [1.82, 2.24) is 9.38 Å². The van der Waals surface area contributed by atoms with E-state index in [9.17, 15) is 9.90 Å². The van der Waals surface area contributed by atoms with E-state index in [4.69, 9.17) is 0 Å². The standard InChI is InChI=1S/C14H17N3O2/c1-9-7-10(9)8-16(2)13-12(14(18)19)17-6-4-3-5-11(17)15-13/h3-6,9-10H,7-8H2,1-2H3,(H,18,19). The highest BCUT2D eigenvalue weighted by Gasteiger charge is 2.34. The van der Waals surface area contributed by atoms with E-state index >= 15 is 0 Å². The van der Waals surface area contributed by atoms with Gasteiger partial charge in [0, 0.05) is 19.8 Å². The zero-order valence-electron chi connectivity index (χ0n) is 11.1. The van der Waals surface area contributed by atoms with Gasteiger partial charge in [0.05, 0.1) is 0 Å². The van der Waals surface area contributed by atoms with Crippen LogP contribution in [0.2, 0.25) is 0 Å². The predicted molar refractivity (Wildman–Crippen MR) is 72.7 cm³/mol. The second-order valence-electron chi connectivity index (χ2n) is 5.37. The molecule has 100 valence electrons. The highest BCUT2D eigenvalue weighted by Crippen LogP contribution is 2.39. The minimum Gasteiger partial charge on any atom is -0.476 e. The quantitative estimate of drug-likeness (QED) is 0.913. The number of hydrogen-bond acceptors (Lipinski definition) is 3. The molecular formula is C14H17N3O2. The van der Waals surface area contributed by atoms with Crippen molar-refractivity contribution in [1.29, 1.82) is 0 Å². The van der Waals surface area contributed by atoms with Crippen LogP contribution in [-0.2, 0) is 0 Å². The topological polar surface area (TPSA) is 57.8 Å². The first kappa shape index (κ1) is 12.0. The molecule has 3 rings (SSSR count). The van der Waals surface area contributed by atoms with Crippen molar-refractivity contribution in [2.75, 3.05) is 18.5 Å². The summed E-state index contributed by atoms with van der Waals surface area (Å²) in [6.07, 6.45) is 2.96. The van der Waals surface area contributed by atoms with Gasteiger partial charge in [-0.25, -0.2) is 9.78 Å². The molecule has 1 fully saturated rings. The summed E-state index contributed by atoms with van der Waals surface area (Å²) in [5.74, 6) is 1.02. The largest absolute Gasteiger partial charge is 0.476 e. The number of fused-ring (bicyclic) bond motifs is 1. The number of aromatic carboxylic acids is 1. The van der Waals surface area contributed by atoms with Crippen molar-refractivity contribution in [2.45, 2.75) is 13.3 Å². The lowest BCUT2D eigenvalue weighted by atomic mass is 10.3. The van der Waals surface area contributed by atoms with E-state index in [1.165, 1.54) is 6.42 Å². The molecule has 0 bridgehead atoms. The highest BCUT2D eigenvalue weighted by atomic mass is 16.4. The van der Waals surface area contributed by atoms with Gasteiger partial charge in [-0.05, 0) is 30.4 Å². The number of carboxylic acid groups (broad SMARTS) is 1. The van der Waals surface area contributed by atoms with Crippen molar-refractivity contribution in [3.05, 3.63) is 30.1 Å². The molecule has 0 aliphatic heterocycles. The normalized spacial score (nSPS) is 21.6. The summed E-state index contributed by atoms with van der Waals surface area (Å²) >= 11 is 0. The molecule has 5 heteroatoms. The Bertz CT molecular complexity index is 635. The molecule has 2 aromatic rings. The number of hydrogen-bond donors (Lipinski definition) is 1. The van der Waals surface area contributed by atoms with Crippen molar-refractivity contribution in [3.8, 4) is 0 Å². The van der Waals surface area contributed by atoms with Gasteiger partial charge in [-0.2, -0.15) is 0 Å². The molecule has 2 atom stereocenters. The molecule has 2 heterocycles. The number of carboxylic acids is 1. The summed E-state index contributed by atoms with van der Waals surface area (Å²) in [4.78, 5) is 17.9. The Hall–Kier alpha value is -2.04. The summed E-state index contributed by atoms with van der Waals surface area (Å²) in [7, 11) is 1.92. The van der Waals surface area contributed by atoms with Crippen molar-refractivity contribution in [2.24, 2.45) is 11.8 Å². The van der Waals surface area contributed by atoms with E-state index in [0.29, 0.717) is 17.4 Å². The van der Waals surface area contributed by atoms with Gasteiger partial charge in [-0.1, -0.05) is 13.0 Å². The Kier molecular flexibility index (Phi) is 2.69. The number of rotatable bonds is 4. The van der Waals surface area contributed by atoms with Crippen molar-refractivity contribution in [3.63, 3.8) is 0 Å². The van der Waals surface area contributed by atoms with E-state index in [-0.39, 0.29) is 5.69 Å². The van der Waals surface area contributed by atoms with Gasteiger partial charge >= 0.3 is 5.97 Å². The summed E-state index contributed by atoms with van der Waals surface area (Å²) in [6.45, 7) is 3.09. The lowest BCUT2D eigenvalue weighted by Gasteiger charge is -2.17. The SMILES string of the molecule is CC1CC1CN(C)c1nc2ccccn2c1C(=O)O. The molecule has 0 radical (unpaired) electrons. The van der Waals surface area contributed by atoms with E-state index in [1.54, 1.807) is 10.6 Å². The van der Waals surface area contributed by atoms with Gasteiger partial charge in [0.2, 0.25) is 0 Å². The number of anilines is 1. The molecule has 0 saturated heterocycles. The smallest absolute Gasteiger partial charge is 0.356 e. The first-order valence-electron chi connectivity index (χ1n) is 6.49. The van der Waals surface area contributed by atoms with Crippen LogP contribution in [0.25, 0.3) is 5.65 Å². The molecule has 2 unspecified atom stereocenters. The molecule has 0 spiro atoms. The van der Waals surface area contributed by atoms with E-state index in [0.717, 1.165) is 12.5 Å². The Labute approximate surface area is 111 Å². The Morgan fingerprint density at radius 1 is 1.58 bits per heavy atom. The van der Waals surface area contributed by atoms with Crippen LogP contribution in [-0.4, -0.2) is 34.1 Å². The molecule has 1 N–H and O–H groups in total. The lowest BCUT2D eigenvalue weighted by Crippen LogP contribution is -2.23. The van der Waals surface area contributed by atoms with Crippen LogP contribution in [0.3, 0.4) is 0 Å². The van der Waals surface area contributed by atoms with Crippen LogP contribution in [0.15, 0.2) is 24.4 Å². The Morgan fingerprint density at radius 3 is 2.95 bits per heavy atom. The second-order valence-corrected chi connectivity index (χ2v) is 5.37. The number of aromatic nitrogens is 2. The number of imidazole rings is 1. The van der Waals surface area contributed by atoms with Crippen LogP contribution < -0.4 is 4.90 Å². The minimum atomic E-state index is -0.940. The third kappa shape index (κ3) is 2.05. The molecule has 0 amide bonds. The fraction of sp³-hybridized carbons (Fsp3) is 0.429. The second kappa shape index (κ2) is 4.26. The number of nitrogens with zero attached hydrogens (tertiary/aromatic N) is 3. The zero-order chi connectivity index (χ0) is 13.6. The first-order valence-corrected chi connectivity index (χ1v) is 6.49. The fourth-order valence-corrected chi connectivity index (χ4v) is 2.54. The number of carbonyl (C=O) groups is 1. The van der Waals surface area contributed by atoms with Crippen LogP contribution in [0.4, 0.5) is 5.82 Å². The maximum absolute atomic E-state index is 11.5. The third-order valence-electron chi connectivity index (χ3n) is 3.86. The van der Waals surface area contributed by atoms with Crippen molar-refractivity contribution >= 4 is 17.4 Å². The maximum atomic E-state index is 11.5. The van der Waals surface area contributed by atoms with Gasteiger partial charge < -0.3 is 10.0 Å². The Balaban J connectivity index is 2.01. The summed E-state index contributed by atoms with van der Waals surface area (Å²) in [6, 6.07) is 5.50. The molecule has 1 aliphatic rings. The van der Waals surface area contributed by atoms with Crippen LogP contribution in [0, 0.1) is 11.8 Å². The first-order chi connectivity index (χ1) is 9.08. The third-order valence-corrected chi connectivity index (χ3v) is 3.86. The van der Waals surface area contributed by atoms with Gasteiger partial charge in [-0.3, -0.25) is 4.40 Å². The van der Waals surface area contributed by atoms with E-state index < -0.39 is 5.97 Å². The maximum Gasteiger partial charge on any atom is 0.356 e. The van der Waals surface area contributed by atoms with Crippen LogP contribution in [0.1, 0.15) is 23.8 Å². The molecule has 5 nitrogen and oxygen atoms in total. The minimum absolute atomic E-state index is 0.242. The monoisotopic (exact) mass is 259 g/mol. The summed E-state index contributed by atoms with van der Waals surface area (Å²) in [5.41, 5.74) is 0.914. The van der Waals surface area contributed by atoms with Crippen LogP contribution in [0.5, 0.6) is 0 Å².